The maximum atomic E-state index is 12.7. The molecule has 1 aliphatic rings. The van der Waals surface area contributed by atoms with E-state index in [-0.39, 0.29) is 0 Å². The molecule has 0 aromatic heterocycles. The van der Waals surface area contributed by atoms with E-state index < -0.39 is 35.4 Å². The minimum atomic E-state index is -2.90. The van der Waals surface area contributed by atoms with E-state index in [0.717, 1.165) is 0 Å². The van der Waals surface area contributed by atoms with Crippen LogP contribution in [0.25, 0.3) is 0 Å². The Labute approximate surface area is 71.0 Å². The summed E-state index contributed by atoms with van der Waals surface area (Å²) in [6.07, 6.45) is -5.08. The zero-order valence-corrected chi connectivity index (χ0v) is 6.33. The van der Waals surface area contributed by atoms with E-state index in [1.807, 2.05) is 0 Å². The summed E-state index contributed by atoms with van der Waals surface area (Å²) >= 11 is 0. The first-order valence-electron chi connectivity index (χ1n) is 3.36. The molecule has 0 aromatic carbocycles. The molecular formula is C8H5F5. The third-order valence-corrected chi connectivity index (χ3v) is 1.65. The van der Waals surface area contributed by atoms with Gasteiger partial charge in [-0.2, -0.15) is 0 Å². The first kappa shape index (κ1) is 9.95. The first-order valence-corrected chi connectivity index (χ1v) is 3.36. The van der Waals surface area contributed by atoms with Crippen LogP contribution in [0.15, 0.2) is 35.7 Å². The zero-order chi connectivity index (χ0) is 10.2. The van der Waals surface area contributed by atoms with Gasteiger partial charge in [0.15, 0.2) is 24.0 Å². The number of allylic oxidation sites excluding steroid dienone is 5. The second kappa shape index (κ2) is 3.32. The summed E-state index contributed by atoms with van der Waals surface area (Å²) in [7, 11) is 0. The SMILES string of the molecule is C=CC1=C(F)C(F)C(F)C(F)=C1F. The lowest BCUT2D eigenvalue weighted by Gasteiger charge is -2.18. The van der Waals surface area contributed by atoms with Gasteiger partial charge in [0, 0.05) is 5.57 Å². The molecule has 0 N–H and O–H groups in total. The van der Waals surface area contributed by atoms with Crippen molar-refractivity contribution in [3.05, 3.63) is 35.7 Å². The number of hydrogen-bond donors (Lipinski definition) is 0. The van der Waals surface area contributed by atoms with Crippen LogP contribution < -0.4 is 0 Å². The van der Waals surface area contributed by atoms with E-state index in [0.29, 0.717) is 6.08 Å². The Bertz CT molecular complexity index is 302. The number of alkyl halides is 2. The Kier molecular flexibility index (Phi) is 2.54. The van der Waals surface area contributed by atoms with Crippen molar-refractivity contribution in [1.82, 2.24) is 0 Å². The molecule has 1 aliphatic carbocycles. The van der Waals surface area contributed by atoms with E-state index in [1.54, 1.807) is 0 Å². The molecule has 0 aromatic rings. The topological polar surface area (TPSA) is 0 Å². The monoisotopic (exact) mass is 196 g/mol. The van der Waals surface area contributed by atoms with Crippen LogP contribution in [0, 0.1) is 0 Å². The summed E-state index contributed by atoms with van der Waals surface area (Å²) < 4.78 is 62.7. The molecule has 0 spiro atoms. The highest BCUT2D eigenvalue weighted by molar-refractivity contribution is 5.44. The van der Waals surface area contributed by atoms with E-state index in [4.69, 9.17) is 0 Å². The van der Waals surface area contributed by atoms with Crippen LogP contribution in [-0.2, 0) is 0 Å². The van der Waals surface area contributed by atoms with Gasteiger partial charge < -0.3 is 0 Å². The van der Waals surface area contributed by atoms with Crippen molar-refractivity contribution in [3.8, 4) is 0 Å². The minimum Gasteiger partial charge on any atom is -0.236 e. The Morgan fingerprint density at radius 3 is 1.92 bits per heavy atom. The summed E-state index contributed by atoms with van der Waals surface area (Å²) in [6, 6.07) is 0. The third kappa shape index (κ3) is 1.38. The Hall–Kier alpha value is -1.13. The molecule has 0 saturated heterocycles. The minimum absolute atomic E-state index is 0.600. The summed E-state index contributed by atoms with van der Waals surface area (Å²) in [5, 5.41) is 0. The predicted molar refractivity (Wildman–Crippen MR) is 37.4 cm³/mol. The van der Waals surface area contributed by atoms with Gasteiger partial charge in [0.25, 0.3) is 0 Å². The summed E-state index contributed by atoms with van der Waals surface area (Å²) in [6.45, 7) is 2.95. The van der Waals surface area contributed by atoms with Crippen LogP contribution in [0.4, 0.5) is 22.0 Å². The van der Waals surface area contributed by atoms with Crippen molar-refractivity contribution >= 4 is 0 Å². The van der Waals surface area contributed by atoms with Gasteiger partial charge in [0.1, 0.15) is 5.83 Å². The lowest BCUT2D eigenvalue weighted by Crippen LogP contribution is -2.24. The van der Waals surface area contributed by atoms with Crippen LogP contribution in [0.3, 0.4) is 0 Å². The highest BCUT2D eigenvalue weighted by atomic mass is 19.2. The van der Waals surface area contributed by atoms with Crippen LogP contribution in [-0.4, -0.2) is 12.3 Å². The van der Waals surface area contributed by atoms with Gasteiger partial charge in [-0.15, -0.1) is 0 Å². The second-order valence-electron chi connectivity index (χ2n) is 2.43. The van der Waals surface area contributed by atoms with Crippen LogP contribution >= 0.6 is 0 Å². The molecule has 0 saturated carbocycles. The molecule has 0 nitrogen and oxygen atoms in total. The van der Waals surface area contributed by atoms with E-state index in [1.165, 1.54) is 0 Å². The fourth-order valence-corrected chi connectivity index (χ4v) is 0.947. The molecular weight excluding hydrogens is 191 g/mol. The van der Waals surface area contributed by atoms with Gasteiger partial charge in [0.05, 0.1) is 0 Å². The zero-order valence-electron chi connectivity index (χ0n) is 6.33. The van der Waals surface area contributed by atoms with E-state index >= 15 is 0 Å². The third-order valence-electron chi connectivity index (χ3n) is 1.65. The Morgan fingerprint density at radius 1 is 1.00 bits per heavy atom. The Morgan fingerprint density at radius 2 is 1.46 bits per heavy atom. The second-order valence-corrected chi connectivity index (χ2v) is 2.43. The molecule has 0 bridgehead atoms. The molecule has 0 fully saturated rings. The Balaban J connectivity index is 3.26. The van der Waals surface area contributed by atoms with Gasteiger partial charge in [0.2, 0.25) is 0 Å². The van der Waals surface area contributed by atoms with Crippen molar-refractivity contribution in [2.45, 2.75) is 12.3 Å². The van der Waals surface area contributed by atoms with Crippen molar-refractivity contribution in [2.75, 3.05) is 0 Å². The summed E-state index contributed by atoms with van der Waals surface area (Å²) in [5.74, 6) is -5.32. The molecule has 0 radical (unpaired) electrons. The molecule has 72 valence electrons. The lowest BCUT2D eigenvalue weighted by atomic mass is 10.0. The molecule has 13 heavy (non-hydrogen) atoms. The van der Waals surface area contributed by atoms with Crippen LogP contribution in [0.2, 0.25) is 0 Å². The van der Waals surface area contributed by atoms with Gasteiger partial charge >= 0.3 is 0 Å². The van der Waals surface area contributed by atoms with Gasteiger partial charge in [-0.1, -0.05) is 12.7 Å². The maximum absolute atomic E-state index is 12.7. The quantitative estimate of drug-likeness (QED) is 0.565. The van der Waals surface area contributed by atoms with E-state index in [9.17, 15) is 22.0 Å². The lowest BCUT2D eigenvalue weighted by molar-refractivity contribution is 0.166. The summed E-state index contributed by atoms with van der Waals surface area (Å²) in [4.78, 5) is 0. The largest absolute Gasteiger partial charge is 0.236 e. The molecule has 5 heteroatoms. The van der Waals surface area contributed by atoms with Gasteiger partial charge in [-0.25, -0.2) is 22.0 Å². The number of rotatable bonds is 1. The van der Waals surface area contributed by atoms with Crippen molar-refractivity contribution in [2.24, 2.45) is 0 Å². The van der Waals surface area contributed by atoms with Crippen LogP contribution in [0.5, 0.6) is 0 Å². The standard InChI is InChI=1S/C8H5F5/c1-2-3-4(9)6(11)8(13)7(12)5(3)10/h2,6,8H,1H2. The average Bonchev–Trinajstić information content (AvgIpc) is 2.13. The summed E-state index contributed by atoms with van der Waals surface area (Å²) in [5.41, 5.74) is -0.959. The average molecular weight is 196 g/mol. The smallest absolute Gasteiger partial charge is 0.192 e. The van der Waals surface area contributed by atoms with E-state index in [2.05, 4.69) is 6.58 Å². The number of hydrogen-bond acceptors (Lipinski definition) is 0. The maximum Gasteiger partial charge on any atom is 0.192 e. The fourth-order valence-electron chi connectivity index (χ4n) is 0.947. The number of halogens is 5. The van der Waals surface area contributed by atoms with Crippen molar-refractivity contribution < 1.29 is 22.0 Å². The highest BCUT2D eigenvalue weighted by Gasteiger charge is 2.38. The molecule has 0 heterocycles. The molecule has 0 aliphatic heterocycles. The normalized spacial score (nSPS) is 29.6. The molecule has 2 unspecified atom stereocenters. The molecule has 2 atom stereocenters. The molecule has 0 amide bonds. The molecule has 1 rings (SSSR count). The highest BCUT2D eigenvalue weighted by Crippen LogP contribution is 2.36. The van der Waals surface area contributed by atoms with Crippen molar-refractivity contribution in [3.63, 3.8) is 0 Å². The van der Waals surface area contributed by atoms with Crippen molar-refractivity contribution in [1.29, 1.82) is 0 Å². The van der Waals surface area contributed by atoms with Crippen LogP contribution in [0.1, 0.15) is 0 Å². The fraction of sp³-hybridized carbons (Fsp3) is 0.250. The predicted octanol–water partition coefficient (Wildman–Crippen LogP) is 3.24. The first-order chi connectivity index (χ1) is 6.00. The van der Waals surface area contributed by atoms with Gasteiger partial charge in [-0.3, -0.25) is 0 Å². The van der Waals surface area contributed by atoms with Gasteiger partial charge in [-0.05, 0) is 0 Å².